The van der Waals surface area contributed by atoms with Crippen molar-refractivity contribution in [1.82, 2.24) is 0 Å². The Hall–Kier alpha value is -2.30. The smallest absolute Gasteiger partial charge is 0.203 e. The Balaban J connectivity index is 2.46. The van der Waals surface area contributed by atoms with Crippen LogP contribution in [0, 0.1) is 23.7 Å². The van der Waals surface area contributed by atoms with Gasteiger partial charge in [0.2, 0.25) is 5.75 Å². The first kappa shape index (κ1) is 19.7. The lowest BCUT2D eigenvalue weighted by atomic mass is 10.1. The molecule has 0 atom stereocenters. The van der Waals surface area contributed by atoms with Crippen LogP contribution in [0.15, 0.2) is 12.1 Å². The quantitative estimate of drug-likeness (QED) is 0.586. The fourth-order valence-electron chi connectivity index (χ4n) is 2.24. The summed E-state index contributed by atoms with van der Waals surface area (Å²) in [6, 6.07) is 3.71. The van der Waals surface area contributed by atoms with Crippen molar-refractivity contribution >= 4 is 0 Å². The molecule has 0 unspecified atom stereocenters. The second-order valence-corrected chi connectivity index (χ2v) is 5.14. The molecule has 4 nitrogen and oxygen atoms in total. The Morgan fingerprint density at radius 1 is 0.792 bits per heavy atom. The number of hydrogen-bond donors (Lipinski definition) is 1. The average molecular weight is 330 g/mol. The summed E-state index contributed by atoms with van der Waals surface area (Å²) in [6.45, 7) is -0.0451. The monoisotopic (exact) mass is 330 g/mol. The lowest BCUT2D eigenvalue weighted by molar-refractivity contribution is 0.324. The van der Waals surface area contributed by atoms with E-state index in [0.29, 0.717) is 17.2 Å². The highest BCUT2D eigenvalue weighted by molar-refractivity contribution is 5.57. The molecule has 0 heterocycles. The van der Waals surface area contributed by atoms with Gasteiger partial charge in [0.1, 0.15) is 6.61 Å². The molecule has 0 fully saturated rings. The summed E-state index contributed by atoms with van der Waals surface area (Å²) in [5.41, 5.74) is 0.851. The van der Waals surface area contributed by atoms with Crippen molar-refractivity contribution in [2.24, 2.45) is 0 Å². The Morgan fingerprint density at radius 3 is 1.88 bits per heavy atom. The average Bonchev–Trinajstić information content (AvgIpc) is 2.62. The molecule has 0 aliphatic carbocycles. The molecule has 130 valence electrons. The molecular weight excluding hydrogens is 304 g/mol. The number of methoxy groups -OCH3 is 3. The summed E-state index contributed by atoms with van der Waals surface area (Å²) < 4.78 is 15.9. The zero-order valence-corrected chi connectivity index (χ0v) is 14.8. The van der Waals surface area contributed by atoms with Gasteiger partial charge in [-0.05, 0) is 25.0 Å². The minimum absolute atomic E-state index is 0.0451. The minimum Gasteiger partial charge on any atom is -0.493 e. The van der Waals surface area contributed by atoms with Gasteiger partial charge in [-0.1, -0.05) is 30.6 Å². The van der Waals surface area contributed by atoms with E-state index in [0.717, 1.165) is 44.1 Å². The Kier molecular flexibility index (Phi) is 10.0. The van der Waals surface area contributed by atoms with Crippen LogP contribution in [0.2, 0.25) is 0 Å². The van der Waals surface area contributed by atoms with E-state index in [-0.39, 0.29) is 6.61 Å². The highest BCUT2D eigenvalue weighted by Crippen LogP contribution is 2.37. The van der Waals surface area contributed by atoms with Crippen molar-refractivity contribution in [3.05, 3.63) is 17.7 Å². The van der Waals surface area contributed by atoms with Crippen LogP contribution in [0.3, 0.4) is 0 Å². The van der Waals surface area contributed by atoms with Crippen molar-refractivity contribution in [1.29, 1.82) is 0 Å². The molecular formula is C20H26O4. The number of unbranched alkanes of at least 4 members (excludes halogenated alkanes) is 5. The highest BCUT2D eigenvalue weighted by atomic mass is 16.5. The van der Waals surface area contributed by atoms with Crippen LogP contribution in [-0.2, 0) is 0 Å². The third-order valence-electron chi connectivity index (χ3n) is 3.46. The summed E-state index contributed by atoms with van der Waals surface area (Å²) in [6.07, 6.45) is 6.16. The molecule has 1 aromatic rings. The predicted molar refractivity (Wildman–Crippen MR) is 95.5 cm³/mol. The Bertz CT molecular complexity index is 589. The minimum atomic E-state index is -0.0451. The van der Waals surface area contributed by atoms with Gasteiger partial charge in [0, 0.05) is 18.4 Å². The van der Waals surface area contributed by atoms with Gasteiger partial charge in [-0.2, -0.15) is 0 Å². The molecule has 0 amide bonds. The molecule has 1 rings (SSSR count). The van der Waals surface area contributed by atoms with Gasteiger partial charge >= 0.3 is 0 Å². The lowest BCUT2D eigenvalue weighted by Gasteiger charge is -2.12. The van der Waals surface area contributed by atoms with Crippen LogP contribution in [0.1, 0.15) is 44.1 Å². The number of rotatable bonds is 8. The maximum absolute atomic E-state index is 8.54. The summed E-state index contributed by atoms with van der Waals surface area (Å²) in [5, 5.41) is 8.54. The van der Waals surface area contributed by atoms with E-state index in [2.05, 4.69) is 23.7 Å². The normalized spacial score (nSPS) is 9.33. The molecule has 4 heteroatoms. The fraction of sp³-hybridized carbons (Fsp3) is 0.500. The predicted octanol–water partition coefficient (Wildman–Crippen LogP) is 3.40. The summed E-state index contributed by atoms with van der Waals surface area (Å²) in [5.74, 6) is 13.7. The molecule has 0 aliphatic rings. The van der Waals surface area contributed by atoms with Crippen LogP contribution in [0.25, 0.3) is 0 Å². The van der Waals surface area contributed by atoms with E-state index in [1.54, 1.807) is 21.3 Å². The van der Waals surface area contributed by atoms with Crippen LogP contribution in [0.5, 0.6) is 17.2 Å². The van der Waals surface area contributed by atoms with Crippen LogP contribution < -0.4 is 14.2 Å². The van der Waals surface area contributed by atoms with Gasteiger partial charge in [0.25, 0.3) is 0 Å². The summed E-state index contributed by atoms with van der Waals surface area (Å²) in [7, 11) is 4.78. The molecule has 1 aromatic carbocycles. The summed E-state index contributed by atoms with van der Waals surface area (Å²) >= 11 is 0. The Labute approximate surface area is 145 Å². The van der Waals surface area contributed by atoms with Gasteiger partial charge < -0.3 is 19.3 Å². The maximum Gasteiger partial charge on any atom is 0.203 e. The van der Waals surface area contributed by atoms with E-state index < -0.39 is 0 Å². The SMILES string of the molecule is COc1cc(C#CCCCCCCC#CCO)cc(OC)c1OC. The zero-order chi connectivity index (χ0) is 17.6. The number of aliphatic hydroxyl groups is 1. The van der Waals surface area contributed by atoms with E-state index >= 15 is 0 Å². The lowest BCUT2D eigenvalue weighted by Crippen LogP contribution is -1.95. The molecule has 0 saturated heterocycles. The molecule has 1 N–H and O–H groups in total. The zero-order valence-electron chi connectivity index (χ0n) is 14.8. The first-order valence-electron chi connectivity index (χ1n) is 8.12. The van der Waals surface area contributed by atoms with Crippen LogP contribution >= 0.6 is 0 Å². The van der Waals surface area contributed by atoms with Gasteiger partial charge in [0.05, 0.1) is 21.3 Å². The van der Waals surface area contributed by atoms with E-state index in [1.807, 2.05) is 12.1 Å². The van der Waals surface area contributed by atoms with Crippen molar-refractivity contribution in [2.45, 2.75) is 38.5 Å². The van der Waals surface area contributed by atoms with Crippen LogP contribution in [-0.4, -0.2) is 33.0 Å². The van der Waals surface area contributed by atoms with E-state index in [1.165, 1.54) is 0 Å². The van der Waals surface area contributed by atoms with Crippen molar-refractivity contribution in [3.63, 3.8) is 0 Å². The van der Waals surface area contributed by atoms with Gasteiger partial charge in [-0.25, -0.2) is 0 Å². The number of hydrogen-bond acceptors (Lipinski definition) is 4. The fourth-order valence-corrected chi connectivity index (χ4v) is 2.24. The van der Waals surface area contributed by atoms with E-state index in [4.69, 9.17) is 19.3 Å². The second kappa shape index (κ2) is 12.2. The molecule has 0 spiro atoms. The molecule has 0 radical (unpaired) electrons. The standard InChI is InChI=1S/C20H26O4/c1-22-18-15-17(16-19(23-2)20(18)24-3)13-11-9-7-5-4-6-8-10-12-14-21/h15-16,21H,4-9,14H2,1-3H3. The molecule has 0 bridgehead atoms. The van der Waals surface area contributed by atoms with Crippen molar-refractivity contribution in [2.75, 3.05) is 27.9 Å². The third kappa shape index (κ3) is 6.86. The molecule has 0 aromatic heterocycles. The van der Waals surface area contributed by atoms with E-state index in [9.17, 15) is 0 Å². The molecule has 24 heavy (non-hydrogen) atoms. The first-order chi connectivity index (χ1) is 11.8. The number of aliphatic hydroxyl groups excluding tert-OH is 1. The first-order valence-corrected chi connectivity index (χ1v) is 8.12. The molecule has 0 saturated carbocycles. The highest BCUT2D eigenvalue weighted by Gasteiger charge is 2.11. The van der Waals surface area contributed by atoms with Crippen molar-refractivity contribution < 1.29 is 19.3 Å². The van der Waals surface area contributed by atoms with Gasteiger partial charge in [-0.3, -0.25) is 0 Å². The maximum atomic E-state index is 8.54. The largest absolute Gasteiger partial charge is 0.493 e. The third-order valence-corrected chi connectivity index (χ3v) is 3.46. The van der Waals surface area contributed by atoms with Crippen LogP contribution in [0.4, 0.5) is 0 Å². The number of benzene rings is 1. The Morgan fingerprint density at radius 2 is 1.38 bits per heavy atom. The topological polar surface area (TPSA) is 47.9 Å². The van der Waals surface area contributed by atoms with Crippen molar-refractivity contribution in [3.8, 4) is 40.9 Å². The molecule has 0 aliphatic heterocycles. The summed E-state index contributed by atoms with van der Waals surface area (Å²) in [4.78, 5) is 0. The second-order valence-electron chi connectivity index (χ2n) is 5.14. The van der Waals surface area contributed by atoms with Gasteiger partial charge in [0.15, 0.2) is 11.5 Å². The number of ether oxygens (including phenoxy) is 3. The van der Waals surface area contributed by atoms with Gasteiger partial charge in [-0.15, -0.1) is 5.92 Å².